The maximum atomic E-state index is 11.5. The lowest BCUT2D eigenvalue weighted by Crippen LogP contribution is -2.34. The third-order valence-corrected chi connectivity index (χ3v) is 2.77. The summed E-state index contributed by atoms with van der Waals surface area (Å²) in [6, 6.07) is 3.34. The Morgan fingerprint density at radius 1 is 1.16 bits per heavy atom. The summed E-state index contributed by atoms with van der Waals surface area (Å²) in [5.41, 5.74) is 0.789. The van der Waals surface area contributed by atoms with E-state index in [0.717, 1.165) is 5.56 Å². The van der Waals surface area contributed by atoms with E-state index in [1.165, 1.54) is 4.90 Å². The van der Waals surface area contributed by atoms with Gasteiger partial charge in [0.1, 0.15) is 17.2 Å². The van der Waals surface area contributed by atoms with Gasteiger partial charge in [-0.25, -0.2) is 4.79 Å². The Kier molecular flexibility index (Phi) is 5.29. The van der Waals surface area contributed by atoms with Crippen molar-refractivity contribution < 1.29 is 19.0 Å². The smallest absolute Gasteiger partial charge is 0.317 e. The van der Waals surface area contributed by atoms with Gasteiger partial charge < -0.3 is 24.4 Å². The predicted molar refractivity (Wildman–Crippen MR) is 72.0 cm³/mol. The second-order valence-electron chi connectivity index (χ2n) is 3.92. The highest BCUT2D eigenvalue weighted by molar-refractivity contribution is 5.73. The monoisotopic (exact) mass is 268 g/mol. The molecule has 0 saturated heterocycles. The molecule has 0 spiro atoms. The maximum absolute atomic E-state index is 11.5. The molecule has 0 aliphatic heterocycles. The first-order chi connectivity index (χ1) is 9.07. The summed E-state index contributed by atoms with van der Waals surface area (Å²) in [5, 5.41) is 2.56. The Hall–Kier alpha value is -2.11. The highest BCUT2D eigenvalue weighted by atomic mass is 16.5. The molecule has 0 fully saturated rings. The minimum Gasteiger partial charge on any atom is -0.496 e. The van der Waals surface area contributed by atoms with E-state index in [-0.39, 0.29) is 6.03 Å². The van der Waals surface area contributed by atoms with Crippen LogP contribution in [0.2, 0.25) is 0 Å². The van der Waals surface area contributed by atoms with Gasteiger partial charge in [0.05, 0.1) is 33.4 Å². The molecule has 1 rings (SSSR count). The number of benzene rings is 1. The molecule has 0 atom stereocenters. The normalized spacial score (nSPS) is 9.74. The fourth-order valence-electron chi connectivity index (χ4n) is 1.73. The SMILES string of the molecule is CNC(=O)N(C)Cc1c(OC)cc(OC)cc1OC. The molecular formula is C13H20N2O4. The van der Waals surface area contributed by atoms with Crippen molar-refractivity contribution in [1.29, 1.82) is 0 Å². The van der Waals surface area contributed by atoms with Crippen molar-refractivity contribution in [3.05, 3.63) is 17.7 Å². The summed E-state index contributed by atoms with van der Waals surface area (Å²) in [5.74, 6) is 1.87. The van der Waals surface area contributed by atoms with Gasteiger partial charge in [-0.15, -0.1) is 0 Å². The Morgan fingerprint density at radius 2 is 1.68 bits per heavy atom. The Balaban J connectivity index is 3.13. The third kappa shape index (κ3) is 3.43. The number of rotatable bonds is 5. The first-order valence-electron chi connectivity index (χ1n) is 5.79. The van der Waals surface area contributed by atoms with E-state index in [1.807, 2.05) is 0 Å². The fraction of sp³-hybridized carbons (Fsp3) is 0.462. The molecule has 1 N–H and O–H groups in total. The number of ether oxygens (including phenoxy) is 3. The fourth-order valence-corrected chi connectivity index (χ4v) is 1.73. The summed E-state index contributed by atoms with van der Waals surface area (Å²) < 4.78 is 15.8. The second kappa shape index (κ2) is 6.72. The number of nitrogens with one attached hydrogen (secondary N) is 1. The Bertz CT molecular complexity index is 423. The average molecular weight is 268 g/mol. The van der Waals surface area contributed by atoms with Crippen molar-refractivity contribution in [3.63, 3.8) is 0 Å². The van der Waals surface area contributed by atoms with Gasteiger partial charge in [-0.05, 0) is 0 Å². The van der Waals surface area contributed by atoms with Gasteiger partial charge in [0.2, 0.25) is 0 Å². The van der Waals surface area contributed by atoms with Gasteiger partial charge in [-0.1, -0.05) is 0 Å². The van der Waals surface area contributed by atoms with E-state index >= 15 is 0 Å². The first-order valence-corrected chi connectivity index (χ1v) is 5.79. The van der Waals surface area contributed by atoms with Crippen LogP contribution in [0.5, 0.6) is 17.2 Å². The van der Waals surface area contributed by atoms with E-state index < -0.39 is 0 Å². The zero-order valence-electron chi connectivity index (χ0n) is 11.9. The highest BCUT2D eigenvalue weighted by Crippen LogP contribution is 2.34. The molecule has 0 bridgehead atoms. The van der Waals surface area contributed by atoms with E-state index in [9.17, 15) is 4.79 Å². The summed E-state index contributed by atoms with van der Waals surface area (Å²) >= 11 is 0. The molecule has 19 heavy (non-hydrogen) atoms. The van der Waals surface area contributed by atoms with Crippen LogP contribution in [0.15, 0.2) is 12.1 Å². The lowest BCUT2D eigenvalue weighted by atomic mass is 10.1. The van der Waals surface area contributed by atoms with Crippen molar-refractivity contribution >= 4 is 6.03 Å². The highest BCUT2D eigenvalue weighted by Gasteiger charge is 2.17. The molecule has 2 amide bonds. The molecule has 6 heteroatoms. The standard InChI is InChI=1S/C13H20N2O4/c1-14-13(16)15(2)8-10-11(18-4)6-9(17-3)7-12(10)19-5/h6-7H,8H2,1-5H3,(H,14,16). The largest absolute Gasteiger partial charge is 0.496 e. The van der Waals surface area contributed by atoms with Crippen molar-refractivity contribution in [2.75, 3.05) is 35.4 Å². The molecule has 1 aromatic rings. The van der Waals surface area contributed by atoms with Crippen molar-refractivity contribution in [3.8, 4) is 17.2 Å². The number of amides is 2. The Labute approximate surface area is 113 Å². The Morgan fingerprint density at radius 3 is 2.05 bits per heavy atom. The van der Waals surface area contributed by atoms with Crippen molar-refractivity contribution in [1.82, 2.24) is 10.2 Å². The van der Waals surface area contributed by atoms with Crippen molar-refractivity contribution in [2.45, 2.75) is 6.54 Å². The van der Waals surface area contributed by atoms with Gasteiger partial charge in [0, 0.05) is 26.2 Å². The van der Waals surface area contributed by atoms with Crippen LogP contribution in [0, 0.1) is 0 Å². The number of hydrogen-bond donors (Lipinski definition) is 1. The maximum Gasteiger partial charge on any atom is 0.317 e. The van der Waals surface area contributed by atoms with Crippen LogP contribution < -0.4 is 19.5 Å². The third-order valence-electron chi connectivity index (χ3n) is 2.77. The first kappa shape index (κ1) is 14.9. The molecule has 6 nitrogen and oxygen atoms in total. The molecule has 0 aromatic heterocycles. The number of urea groups is 1. The van der Waals surface area contributed by atoms with Gasteiger partial charge in [-0.3, -0.25) is 0 Å². The second-order valence-corrected chi connectivity index (χ2v) is 3.92. The zero-order valence-corrected chi connectivity index (χ0v) is 11.9. The van der Waals surface area contributed by atoms with Gasteiger partial charge in [-0.2, -0.15) is 0 Å². The summed E-state index contributed by atoms with van der Waals surface area (Å²) in [6.07, 6.45) is 0. The number of hydrogen-bond acceptors (Lipinski definition) is 4. The van der Waals surface area contributed by atoms with Crippen LogP contribution in [-0.4, -0.2) is 46.4 Å². The number of nitrogens with zero attached hydrogens (tertiary/aromatic N) is 1. The molecule has 0 saturated carbocycles. The van der Waals surface area contributed by atoms with Crippen LogP contribution in [0.25, 0.3) is 0 Å². The molecule has 0 aliphatic carbocycles. The van der Waals surface area contributed by atoms with E-state index in [4.69, 9.17) is 14.2 Å². The molecule has 106 valence electrons. The van der Waals surface area contributed by atoms with Gasteiger partial charge >= 0.3 is 6.03 Å². The number of carbonyl (C=O) groups excluding carboxylic acids is 1. The average Bonchev–Trinajstić information content (AvgIpc) is 2.45. The van der Waals surface area contributed by atoms with Crippen molar-refractivity contribution in [2.24, 2.45) is 0 Å². The summed E-state index contributed by atoms with van der Waals surface area (Å²) in [4.78, 5) is 13.1. The molecule has 0 aliphatic rings. The lowest BCUT2D eigenvalue weighted by molar-refractivity contribution is 0.208. The van der Waals surface area contributed by atoms with E-state index in [2.05, 4.69) is 5.32 Å². The van der Waals surface area contributed by atoms with Crippen LogP contribution in [0.4, 0.5) is 4.79 Å². The van der Waals surface area contributed by atoms with Crippen LogP contribution in [0.3, 0.4) is 0 Å². The van der Waals surface area contributed by atoms with Crippen LogP contribution >= 0.6 is 0 Å². The molecule has 0 heterocycles. The van der Waals surface area contributed by atoms with Crippen LogP contribution in [0.1, 0.15) is 5.56 Å². The summed E-state index contributed by atoms with van der Waals surface area (Å²) in [7, 11) is 7.99. The van der Waals surface area contributed by atoms with Gasteiger partial charge in [0.15, 0.2) is 0 Å². The van der Waals surface area contributed by atoms with E-state index in [0.29, 0.717) is 23.8 Å². The number of carbonyl (C=O) groups is 1. The predicted octanol–water partition coefficient (Wildman–Crippen LogP) is 1.48. The van der Waals surface area contributed by atoms with E-state index in [1.54, 1.807) is 47.6 Å². The van der Waals surface area contributed by atoms with Crippen LogP contribution in [-0.2, 0) is 6.54 Å². The quantitative estimate of drug-likeness (QED) is 0.878. The topological polar surface area (TPSA) is 60.0 Å². The number of methoxy groups -OCH3 is 3. The zero-order chi connectivity index (χ0) is 14.4. The van der Waals surface area contributed by atoms with Gasteiger partial charge in [0.25, 0.3) is 0 Å². The molecule has 0 radical (unpaired) electrons. The molecule has 0 unspecified atom stereocenters. The summed E-state index contributed by atoms with van der Waals surface area (Å²) in [6.45, 7) is 0.371. The minimum absolute atomic E-state index is 0.181. The minimum atomic E-state index is -0.181. The lowest BCUT2D eigenvalue weighted by Gasteiger charge is -2.20. The molecule has 1 aromatic carbocycles. The molecular weight excluding hydrogens is 248 g/mol.